The van der Waals surface area contributed by atoms with Crippen LogP contribution in [0.25, 0.3) is 0 Å². The van der Waals surface area contributed by atoms with Crippen molar-refractivity contribution < 1.29 is 8.42 Å². The maximum Gasteiger partial charge on any atom is 0.240 e. The van der Waals surface area contributed by atoms with Crippen molar-refractivity contribution in [1.29, 1.82) is 0 Å². The summed E-state index contributed by atoms with van der Waals surface area (Å²) in [6.45, 7) is 1.87. The second kappa shape index (κ2) is 7.07. The number of hydrogen-bond donors (Lipinski definition) is 1. The lowest BCUT2D eigenvalue weighted by Gasteiger charge is -2.14. The fourth-order valence-electron chi connectivity index (χ4n) is 2.03. The van der Waals surface area contributed by atoms with E-state index in [0.717, 1.165) is 12.8 Å². The van der Waals surface area contributed by atoms with Crippen LogP contribution in [-0.4, -0.2) is 14.5 Å². The van der Waals surface area contributed by atoms with Gasteiger partial charge in [-0.05, 0) is 49.6 Å². The zero-order valence-corrected chi connectivity index (χ0v) is 13.4. The monoisotopic (exact) mass is 323 g/mol. The van der Waals surface area contributed by atoms with Gasteiger partial charge in [0.15, 0.2) is 0 Å². The Labute approximate surface area is 131 Å². The fraction of sp³-hybridized carbons (Fsp3) is 0.250. The van der Waals surface area contributed by atoms with Crippen LogP contribution in [0.1, 0.15) is 18.9 Å². The van der Waals surface area contributed by atoms with Crippen LogP contribution < -0.4 is 4.72 Å². The first-order valence-corrected chi connectivity index (χ1v) is 8.65. The Morgan fingerprint density at radius 3 is 2.29 bits per heavy atom. The van der Waals surface area contributed by atoms with Crippen molar-refractivity contribution in [3.8, 4) is 0 Å². The maximum absolute atomic E-state index is 12.2. The second-order valence-corrected chi connectivity index (χ2v) is 7.15. The van der Waals surface area contributed by atoms with Gasteiger partial charge in [-0.25, -0.2) is 13.1 Å². The molecule has 0 radical (unpaired) electrons. The first-order chi connectivity index (χ1) is 9.97. The molecule has 0 aromatic heterocycles. The number of benzene rings is 2. The van der Waals surface area contributed by atoms with E-state index >= 15 is 0 Å². The summed E-state index contributed by atoms with van der Waals surface area (Å²) in [5.74, 6) is 0. The molecule has 0 bridgehead atoms. The van der Waals surface area contributed by atoms with Gasteiger partial charge in [-0.15, -0.1) is 0 Å². The summed E-state index contributed by atoms with van der Waals surface area (Å²) in [5, 5.41) is 0.520. The molecule has 2 rings (SSSR count). The van der Waals surface area contributed by atoms with Crippen LogP contribution in [0.2, 0.25) is 5.02 Å². The van der Waals surface area contributed by atoms with Gasteiger partial charge in [-0.2, -0.15) is 0 Å². The van der Waals surface area contributed by atoms with Crippen LogP contribution in [0.3, 0.4) is 0 Å². The van der Waals surface area contributed by atoms with E-state index in [4.69, 9.17) is 11.6 Å². The van der Waals surface area contributed by atoms with Gasteiger partial charge >= 0.3 is 0 Å². The van der Waals surface area contributed by atoms with E-state index in [1.54, 1.807) is 12.1 Å². The topological polar surface area (TPSA) is 46.2 Å². The number of aryl methyl sites for hydroxylation is 1. The molecule has 0 spiro atoms. The normalized spacial score (nSPS) is 13.0. The Kier molecular flexibility index (Phi) is 5.39. The summed E-state index contributed by atoms with van der Waals surface area (Å²) in [4.78, 5) is 0.235. The molecule has 112 valence electrons. The number of nitrogens with one attached hydrogen (secondary N) is 1. The van der Waals surface area contributed by atoms with Crippen LogP contribution in [-0.2, 0) is 16.4 Å². The third kappa shape index (κ3) is 4.84. The predicted molar refractivity (Wildman–Crippen MR) is 86.0 cm³/mol. The average molecular weight is 324 g/mol. The van der Waals surface area contributed by atoms with Gasteiger partial charge < -0.3 is 0 Å². The molecule has 2 aromatic rings. The molecule has 0 fully saturated rings. The number of halogens is 1. The van der Waals surface area contributed by atoms with Crippen molar-refractivity contribution in [3.63, 3.8) is 0 Å². The van der Waals surface area contributed by atoms with Crippen molar-refractivity contribution >= 4 is 21.6 Å². The molecular weight excluding hydrogens is 306 g/mol. The summed E-state index contributed by atoms with van der Waals surface area (Å²) in [6.07, 6.45) is 1.59. The van der Waals surface area contributed by atoms with Crippen molar-refractivity contribution in [2.45, 2.75) is 30.7 Å². The summed E-state index contributed by atoms with van der Waals surface area (Å²) in [7, 11) is -3.49. The Hall–Kier alpha value is -1.36. The number of hydrogen-bond acceptors (Lipinski definition) is 2. The largest absolute Gasteiger partial charge is 0.240 e. The molecule has 0 amide bonds. The van der Waals surface area contributed by atoms with Crippen molar-refractivity contribution in [2.24, 2.45) is 0 Å². The fourth-order valence-corrected chi connectivity index (χ4v) is 3.44. The molecule has 0 aliphatic rings. The van der Waals surface area contributed by atoms with E-state index in [0.29, 0.717) is 5.02 Å². The van der Waals surface area contributed by atoms with E-state index in [1.165, 1.54) is 17.7 Å². The second-order valence-electron chi connectivity index (χ2n) is 5.00. The molecule has 1 unspecified atom stereocenters. The summed E-state index contributed by atoms with van der Waals surface area (Å²) in [6, 6.07) is 16.1. The average Bonchev–Trinajstić information content (AvgIpc) is 2.46. The lowest BCUT2D eigenvalue weighted by atomic mass is 10.1. The highest BCUT2D eigenvalue weighted by molar-refractivity contribution is 7.89. The number of rotatable bonds is 6. The Bertz CT molecular complexity index is 669. The molecule has 0 heterocycles. The molecule has 1 atom stereocenters. The molecule has 5 heteroatoms. The molecule has 1 N–H and O–H groups in total. The zero-order valence-electron chi connectivity index (χ0n) is 11.8. The highest BCUT2D eigenvalue weighted by Gasteiger charge is 2.16. The third-order valence-corrected chi connectivity index (χ3v) is 5.05. The molecule has 0 saturated heterocycles. The van der Waals surface area contributed by atoms with Crippen molar-refractivity contribution in [2.75, 3.05) is 0 Å². The molecular formula is C16H18ClNO2S. The van der Waals surface area contributed by atoms with E-state index in [9.17, 15) is 8.42 Å². The van der Waals surface area contributed by atoms with Crippen LogP contribution in [0.4, 0.5) is 0 Å². The van der Waals surface area contributed by atoms with E-state index < -0.39 is 10.0 Å². The Balaban J connectivity index is 1.95. The van der Waals surface area contributed by atoms with E-state index in [2.05, 4.69) is 4.72 Å². The lowest BCUT2D eigenvalue weighted by Crippen LogP contribution is -2.32. The minimum Gasteiger partial charge on any atom is -0.208 e. The Morgan fingerprint density at radius 1 is 1.05 bits per heavy atom. The summed E-state index contributed by atoms with van der Waals surface area (Å²) < 4.78 is 27.1. The number of sulfonamides is 1. The predicted octanol–water partition coefficient (Wildman–Crippen LogP) is 3.64. The van der Waals surface area contributed by atoms with Gasteiger partial charge in [0.2, 0.25) is 10.0 Å². The SMILES string of the molecule is CC(CCc1ccccc1)NS(=O)(=O)c1ccc(Cl)cc1. The molecule has 0 saturated carbocycles. The maximum atomic E-state index is 12.2. The van der Waals surface area contributed by atoms with Crippen LogP contribution in [0, 0.1) is 0 Å². The highest BCUT2D eigenvalue weighted by Crippen LogP contribution is 2.15. The molecule has 21 heavy (non-hydrogen) atoms. The van der Waals surface area contributed by atoms with Gasteiger partial charge in [0, 0.05) is 11.1 Å². The highest BCUT2D eigenvalue weighted by atomic mass is 35.5. The molecule has 3 nitrogen and oxygen atoms in total. The van der Waals surface area contributed by atoms with Crippen LogP contribution in [0.5, 0.6) is 0 Å². The Morgan fingerprint density at radius 2 is 1.67 bits per heavy atom. The van der Waals surface area contributed by atoms with Crippen LogP contribution in [0.15, 0.2) is 59.5 Å². The zero-order chi connectivity index (χ0) is 15.3. The van der Waals surface area contributed by atoms with Gasteiger partial charge in [0.05, 0.1) is 4.90 Å². The van der Waals surface area contributed by atoms with Gasteiger partial charge in [0.1, 0.15) is 0 Å². The minimum atomic E-state index is -3.49. The minimum absolute atomic E-state index is 0.133. The molecule has 0 aliphatic carbocycles. The van der Waals surface area contributed by atoms with Gasteiger partial charge in [0.25, 0.3) is 0 Å². The van der Waals surface area contributed by atoms with Gasteiger partial charge in [-0.1, -0.05) is 41.9 Å². The van der Waals surface area contributed by atoms with Crippen molar-refractivity contribution in [3.05, 3.63) is 65.2 Å². The van der Waals surface area contributed by atoms with Crippen molar-refractivity contribution in [1.82, 2.24) is 4.72 Å². The van der Waals surface area contributed by atoms with E-state index in [-0.39, 0.29) is 10.9 Å². The van der Waals surface area contributed by atoms with Gasteiger partial charge in [-0.3, -0.25) is 0 Å². The summed E-state index contributed by atoms with van der Waals surface area (Å²) >= 11 is 5.77. The lowest BCUT2D eigenvalue weighted by molar-refractivity contribution is 0.547. The smallest absolute Gasteiger partial charge is 0.208 e. The first kappa shape index (κ1) is 16.0. The molecule has 2 aromatic carbocycles. The quantitative estimate of drug-likeness (QED) is 0.882. The summed E-state index contributed by atoms with van der Waals surface area (Å²) in [5.41, 5.74) is 1.20. The van der Waals surface area contributed by atoms with E-state index in [1.807, 2.05) is 37.3 Å². The standard InChI is InChI=1S/C16H18ClNO2S/c1-13(7-8-14-5-3-2-4-6-14)18-21(19,20)16-11-9-15(17)10-12-16/h2-6,9-13,18H,7-8H2,1H3. The molecule has 0 aliphatic heterocycles. The van der Waals surface area contributed by atoms with Crippen LogP contribution >= 0.6 is 11.6 Å². The third-order valence-electron chi connectivity index (χ3n) is 3.19. The first-order valence-electron chi connectivity index (χ1n) is 6.79.